The number of amides is 1. The molecule has 0 spiro atoms. The minimum Gasteiger partial charge on any atom is -0.325 e. The van der Waals surface area contributed by atoms with Crippen LogP contribution in [0.25, 0.3) is 0 Å². The van der Waals surface area contributed by atoms with Crippen molar-refractivity contribution in [1.29, 1.82) is 0 Å². The molecule has 0 saturated heterocycles. The van der Waals surface area contributed by atoms with E-state index >= 15 is 0 Å². The van der Waals surface area contributed by atoms with Crippen LogP contribution in [-0.4, -0.2) is 17.5 Å². The lowest BCUT2D eigenvalue weighted by Crippen LogP contribution is -2.23. The van der Waals surface area contributed by atoms with Crippen molar-refractivity contribution in [2.45, 2.75) is 6.42 Å². The molecular weight excluding hydrogens is 278 g/mol. The summed E-state index contributed by atoms with van der Waals surface area (Å²) >= 11 is 0. The molecule has 0 radical (unpaired) electrons. The number of carbonyl (C=O) groups excluding carboxylic acids is 3. The lowest BCUT2D eigenvalue weighted by Gasteiger charge is -2.20. The van der Waals surface area contributed by atoms with Gasteiger partial charge < -0.3 is 5.32 Å². The van der Waals surface area contributed by atoms with Gasteiger partial charge in [-0.05, 0) is 6.07 Å². The van der Waals surface area contributed by atoms with E-state index in [1.54, 1.807) is 42.5 Å². The van der Waals surface area contributed by atoms with Crippen molar-refractivity contribution in [2.75, 3.05) is 5.32 Å². The van der Waals surface area contributed by atoms with Gasteiger partial charge in [0.2, 0.25) is 5.91 Å². The highest BCUT2D eigenvalue weighted by molar-refractivity contribution is 6.30. The maximum atomic E-state index is 12.7. The number of carbonyl (C=O) groups is 3. The van der Waals surface area contributed by atoms with Crippen LogP contribution in [0, 0.1) is 0 Å². The Morgan fingerprint density at radius 2 is 1.59 bits per heavy atom. The summed E-state index contributed by atoms with van der Waals surface area (Å²) in [6.07, 6.45) is 1.62. The maximum absolute atomic E-state index is 12.7. The van der Waals surface area contributed by atoms with Gasteiger partial charge in [0, 0.05) is 23.1 Å². The first kappa shape index (κ1) is 13.9. The molecule has 2 aromatic carbocycles. The molecule has 1 amide bonds. The van der Waals surface area contributed by atoms with Gasteiger partial charge in [-0.25, -0.2) is 0 Å². The molecule has 22 heavy (non-hydrogen) atoms. The predicted octanol–water partition coefficient (Wildman–Crippen LogP) is 2.98. The third-order valence-electron chi connectivity index (χ3n) is 3.56. The van der Waals surface area contributed by atoms with E-state index in [0.717, 1.165) is 0 Å². The number of hydrogen-bond donors (Lipinski definition) is 1. The zero-order chi connectivity index (χ0) is 15.7. The number of anilines is 1. The Morgan fingerprint density at radius 3 is 2.27 bits per heavy atom. The second-order valence-corrected chi connectivity index (χ2v) is 4.97. The Hall–Kier alpha value is -3.01. The van der Waals surface area contributed by atoms with Gasteiger partial charge in [0.25, 0.3) is 0 Å². The van der Waals surface area contributed by atoms with E-state index in [-0.39, 0.29) is 29.5 Å². The van der Waals surface area contributed by atoms with Crippen LogP contribution >= 0.6 is 0 Å². The van der Waals surface area contributed by atoms with E-state index in [1.807, 2.05) is 0 Å². The van der Waals surface area contributed by atoms with Crippen molar-refractivity contribution < 1.29 is 14.4 Å². The van der Waals surface area contributed by atoms with Crippen LogP contribution in [0.4, 0.5) is 5.69 Å². The van der Waals surface area contributed by atoms with E-state index < -0.39 is 0 Å². The number of rotatable bonds is 3. The molecule has 1 aliphatic carbocycles. The van der Waals surface area contributed by atoms with E-state index in [0.29, 0.717) is 22.4 Å². The SMILES string of the molecule is C=CCC(=O)Nc1cccc2c1C(=O)c1ccccc1C2=O. The van der Waals surface area contributed by atoms with E-state index in [4.69, 9.17) is 0 Å². The molecule has 2 aromatic rings. The molecule has 4 heteroatoms. The first-order valence-electron chi connectivity index (χ1n) is 6.85. The summed E-state index contributed by atoms with van der Waals surface area (Å²) in [5.74, 6) is -0.729. The summed E-state index contributed by atoms with van der Waals surface area (Å²) in [7, 11) is 0. The summed E-state index contributed by atoms with van der Waals surface area (Å²) in [5.41, 5.74) is 1.70. The molecule has 108 valence electrons. The van der Waals surface area contributed by atoms with Crippen LogP contribution in [-0.2, 0) is 4.79 Å². The van der Waals surface area contributed by atoms with Gasteiger partial charge in [0.05, 0.1) is 11.3 Å². The average Bonchev–Trinajstić information content (AvgIpc) is 2.53. The van der Waals surface area contributed by atoms with Gasteiger partial charge in [-0.3, -0.25) is 14.4 Å². The Balaban J connectivity index is 2.13. The number of ketones is 2. The highest BCUT2D eigenvalue weighted by Gasteiger charge is 2.31. The third-order valence-corrected chi connectivity index (χ3v) is 3.56. The fourth-order valence-corrected chi connectivity index (χ4v) is 2.58. The summed E-state index contributed by atoms with van der Waals surface area (Å²) in [6.45, 7) is 3.50. The Morgan fingerprint density at radius 1 is 0.955 bits per heavy atom. The number of benzene rings is 2. The van der Waals surface area contributed by atoms with Gasteiger partial charge in [-0.2, -0.15) is 0 Å². The molecule has 0 bridgehead atoms. The zero-order valence-electron chi connectivity index (χ0n) is 11.8. The monoisotopic (exact) mass is 291 g/mol. The molecule has 3 rings (SSSR count). The highest BCUT2D eigenvalue weighted by Crippen LogP contribution is 2.31. The normalized spacial score (nSPS) is 12.4. The third kappa shape index (κ3) is 2.15. The lowest BCUT2D eigenvalue weighted by molar-refractivity contribution is -0.115. The summed E-state index contributed by atoms with van der Waals surface area (Å²) < 4.78 is 0. The predicted molar refractivity (Wildman–Crippen MR) is 83.2 cm³/mol. The van der Waals surface area contributed by atoms with Gasteiger partial charge in [-0.1, -0.05) is 42.5 Å². The van der Waals surface area contributed by atoms with Crippen molar-refractivity contribution >= 4 is 23.2 Å². The summed E-state index contributed by atoms with van der Waals surface area (Å²) in [5, 5.41) is 2.67. The minimum absolute atomic E-state index is 0.141. The van der Waals surface area contributed by atoms with Gasteiger partial charge in [0.1, 0.15) is 0 Å². The molecule has 4 nitrogen and oxygen atoms in total. The Bertz CT molecular complexity index is 821. The molecule has 1 aliphatic rings. The van der Waals surface area contributed by atoms with Crippen molar-refractivity contribution in [1.82, 2.24) is 0 Å². The maximum Gasteiger partial charge on any atom is 0.228 e. The van der Waals surface area contributed by atoms with E-state index in [2.05, 4.69) is 11.9 Å². The molecule has 1 N–H and O–H groups in total. The van der Waals surface area contributed by atoms with Gasteiger partial charge in [-0.15, -0.1) is 6.58 Å². The van der Waals surface area contributed by atoms with Crippen LogP contribution in [0.5, 0.6) is 0 Å². The Kier molecular flexibility index (Phi) is 3.43. The van der Waals surface area contributed by atoms with Crippen molar-refractivity contribution in [3.8, 4) is 0 Å². The molecule has 0 fully saturated rings. The molecule has 0 saturated carbocycles. The molecule has 0 atom stereocenters. The minimum atomic E-state index is -0.275. The first-order valence-corrected chi connectivity index (χ1v) is 6.85. The summed E-state index contributed by atoms with van der Waals surface area (Å²) in [4.78, 5) is 37.0. The zero-order valence-corrected chi connectivity index (χ0v) is 11.8. The number of fused-ring (bicyclic) bond motifs is 2. The fraction of sp³-hybridized carbons (Fsp3) is 0.0556. The second-order valence-electron chi connectivity index (χ2n) is 4.97. The Labute approximate surface area is 127 Å². The second kappa shape index (κ2) is 5.41. The van der Waals surface area contributed by atoms with Gasteiger partial charge in [0.15, 0.2) is 11.6 Å². The quantitative estimate of drug-likeness (QED) is 0.755. The smallest absolute Gasteiger partial charge is 0.228 e. The van der Waals surface area contributed by atoms with Crippen LogP contribution < -0.4 is 5.32 Å². The average molecular weight is 291 g/mol. The van der Waals surface area contributed by atoms with Crippen LogP contribution in [0.15, 0.2) is 55.1 Å². The highest BCUT2D eigenvalue weighted by atomic mass is 16.2. The molecule has 0 aromatic heterocycles. The van der Waals surface area contributed by atoms with Crippen LogP contribution in [0.3, 0.4) is 0 Å². The van der Waals surface area contributed by atoms with E-state index in [9.17, 15) is 14.4 Å². The molecule has 0 heterocycles. The number of hydrogen-bond acceptors (Lipinski definition) is 3. The topological polar surface area (TPSA) is 63.2 Å². The molecule has 0 aliphatic heterocycles. The fourth-order valence-electron chi connectivity index (χ4n) is 2.58. The van der Waals surface area contributed by atoms with Crippen LogP contribution in [0.1, 0.15) is 38.3 Å². The van der Waals surface area contributed by atoms with Gasteiger partial charge >= 0.3 is 0 Å². The van der Waals surface area contributed by atoms with E-state index in [1.165, 1.54) is 6.08 Å². The molecule has 0 unspecified atom stereocenters. The van der Waals surface area contributed by atoms with Crippen molar-refractivity contribution in [3.05, 3.63) is 77.4 Å². The van der Waals surface area contributed by atoms with Crippen molar-refractivity contribution in [3.63, 3.8) is 0 Å². The van der Waals surface area contributed by atoms with Crippen molar-refractivity contribution in [2.24, 2.45) is 0 Å². The largest absolute Gasteiger partial charge is 0.325 e. The van der Waals surface area contributed by atoms with Crippen LogP contribution in [0.2, 0.25) is 0 Å². The molecular formula is C18H13NO3. The first-order chi connectivity index (χ1) is 10.6. The lowest BCUT2D eigenvalue weighted by atomic mass is 9.83. The number of nitrogens with one attached hydrogen (secondary N) is 1. The summed E-state index contributed by atoms with van der Waals surface area (Å²) in [6, 6.07) is 11.6. The standard InChI is InChI=1S/C18H13NO3/c1-2-6-15(20)19-14-10-5-9-13-16(14)18(22)12-8-4-3-7-11(12)17(13)21/h2-5,7-10H,1,6H2,(H,19,20).